The van der Waals surface area contributed by atoms with E-state index in [1.165, 1.54) is 13.8 Å². The molecule has 1 N–H and O–H groups in total. The second-order valence-electron chi connectivity index (χ2n) is 6.52. The Hall–Kier alpha value is -1.20. The van der Waals surface area contributed by atoms with Gasteiger partial charge in [0.15, 0.2) is 0 Å². The van der Waals surface area contributed by atoms with Gasteiger partial charge >= 0.3 is 47.5 Å². The molecule has 11 heteroatoms. The number of rotatable bonds is 13. The van der Waals surface area contributed by atoms with Gasteiger partial charge in [0.05, 0.1) is 12.4 Å². The molecule has 0 fully saturated rings. The van der Waals surface area contributed by atoms with Crippen LogP contribution in [0.3, 0.4) is 0 Å². The van der Waals surface area contributed by atoms with E-state index >= 15 is 0 Å². The molecule has 0 aliphatic heterocycles. The van der Waals surface area contributed by atoms with Gasteiger partial charge in [-0.15, -0.1) is 0 Å². The van der Waals surface area contributed by atoms with E-state index in [4.69, 9.17) is 18.8 Å². The molecule has 0 aliphatic carbocycles. The quantitative estimate of drug-likeness (QED) is 0.111. The van der Waals surface area contributed by atoms with E-state index in [-0.39, 0.29) is 60.2 Å². The van der Waals surface area contributed by atoms with E-state index in [9.17, 15) is 22.8 Å². The Labute approximate surface area is 193 Å². The van der Waals surface area contributed by atoms with Crippen LogP contribution in [0.5, 0.6) is 0 Å². The molecular formula is C18H29NaO9S. The Bertz CT molecular complexity index is 683. The minimum absolute atomic E-state index is 0. The molecule has 0 heterocycles. The van der Waals surface area contributed by atoms with Gasteiger partial charge in [-0.05, 0) is 26.7 Å². The van der Waals surface area contributed by atoms with Crippen LogP contribution in [0.25, 0.3) is 0 Å². The monoisotopic (exact) mass is 444 g/mol. The van der Waals surface area contributed by atoms with Gasteiger partial charge < -0.3 is 14.2 Å². The first-order valence-corrected chi connectivity index (χ1v) is 10.2. The van der Waals surface area contributed by atoms with Crippen molar-refractivity contribution in [1.82, 2.24) is 0 Å². The van der Waals surface area contributed by atoms with Crippen LogP contribution >= 0.6 is 0 Å². The maximum atomic E-state index is 12.7. The van der Waals surface area contributed by atoms with Gasteiger partial charge in [-0.1, -0.05) is 26.5 Å². The predicted octanol–water partition coefficient (Wildman–Crippen LogP) is 1.18. The third-order valence-corrected chi connectivity index (χ3v) is 4.40. The average molecular weight is 444 g/mol. The fourth-order valence-electron chi connectivity index (χ4n) is 2.10. The Balaban J connectivity index is 0. The maximum absolute atomic E-state index is 12.7. The molecule has 0 radical (unpaired) electrons. The van der Waals surface area contributed by atoms with Crippen LogP contribution in [0, 0.1) is 5.41 Å². The van der Waals surface area contributed by atoms with Gasteiger partial charge in [-0.25, -0.2) is 9.59 Å². The zero-order chi connectivity index (χ0) is 22.0. The van der Waals surface area contributed by atoms with E-state index in [1.807, 2.05) is 0 Å². The van der Waals surface area contributed by atoms with E-state index in [2.05, 4.69) is 13.2 Å². The van der Waals surface area contributed by atoms with Gasteiger partial charge in [-0.3, -0.25) is 9.35 Å². The van der Waals surface area contributed by atoms with E-state index in [0.717, 1.165) is 0 Å². The second kappa shape index (κ2) is 13.9. The summed E-state index contributed by atoms with van der Waals surface area (Å²) >= 11 is 0. The number of hydrogen-bond donors (Lipinski definition) is 1. The molecule has 0 spiro atoms. The minimum atomic E-state index is -4.18. The van der Waals surface area contributed by atoms with Crippen molar-refractivity contribution in [1.29, 1.82) is 0 Å². The van der Waals surface area contributed by atoms with Crippen molar-refractivity contribution < 1.29 is 41.6 Å². The SMILES string of the molecule is C=C(C)C(=O)OCC(CCC)(COC(=O)C(=C)C)C(=O)OCCCS(=O)(=O)O.[NaH]. The molecule has 0 saturated carbocycles. The van der Waals surface area contributed by atoms with Crippen molar-refractivity contribution >= 4 is 57.6 Å². The molecule has 0 bridgehead atoms. The number of esters is 3. The third-order valence-electron chi connectivity index (χ3n) is 3.60. The summed E-state index contributed by atoms with van der Waals surface area (Å²) < 4.78 is 45.5. The van der Waals surface area contributed by atoms with Crippen LogP contribution in [-0.2, 0) is 38.7 Å². The van der Waals surface area contributed by atoms with E-state index < -0.39 is 52.4 Å². The normalized spacial score (nSPS) is 11.0. The molecule has 0 aromatic carbocycles. The van der Waals surface area contributed by atoms with Crippen LogP contribution in [0.15, 0.2) is 24.3 Å². The summed E-state index contributed by atoms with van der Waals surface area (Å²) in [7, 11) is -4.18. The Kier molecular flexibility index (Phi) is 14.4. The first-order valence-electron chi connectivity index (χ1n) is 8.62. The second-order valence-corrected chi connectivity index (χ2v) is 8.09. The molecule has 0 saturated heterocycles. The summed E-state index contributed by atoms with van der Waals surface area (Å²) in [5, 5.41) is 0. The zero-order valence-corrected chi connectivity index (χ0v) is 17.3. The molecule has 9 nitrogen and oxygen atoms in total. The van der Waals surface area contributed by atoms with Crippen molar-refractivity contribution in [2.75, 3.05) is 25.6 Å². The molecule has 0 aromatic heterocycles. The number of ether oxygens (including phenoxy) is 3. The summed E-state index contributed by atoms with van der Waals surface area (Å²) in [6.07, 6.45) is 0.538. The Morgan fingerprint density at radius 3 is 1.76 bits per heavy atom. The van der Waals surface area contributed by atoms with Gasteiger partial charge in [0, 0.05) is 11.1 Å². The first-order chi connectivity index (χ1) is 12.8. The van der Waals surface area contributed by atoms with Crippen LogP contribution in [0.2, 0.25) is 0 Å². The van der Waals surface area contributed by atoms with Gasteiger partial charge in [0.2, 0.25) is 0 Å². The summed E-state index contributed by atoms with van der Waals surface area (Å²) in [5.41, 5.74) is -1.21. The molecule has 0 rings (SSSR count). The van der Waals surface area contributed by atoms with Crippen molar-refractivity contribution in [3.63, 3.8) is 0 Å². The van der Waals surface area contributed by atoms with Gasteiger partial charge in [-0.2, -0.15) is 8.42 Å². The topological polar surface area (TPSA) is 133 Å². The number of hydrogen-bond acceptors (Lipinski definition) is 8. The van der Waals surface area contributed by atoms with Crippen molar-refractivity contribution in [3.05, 3.63) is 24.3 Å². The summed E-state index contributed by atoms with van der Waals surface area (Å²) in [6, 6.07) is 0. The van der Waals surface area contributed by atoms with Crippen molar-refractivity contribution in [2.24, 2.45) is 5.41 Å². The third kappa shape index (κ3) is 12.2. The van der Waals surface area contributed by atoms with Crippen LogP contribution in [-0.4, -0.2) is 86.0 Å². The van der Waals surface area contributed by atoms with Crippen LogP contribution in [0.1, 0.15) is 40.0 Å². The average Bonchev–Trinajstić information content (AvgIpc) is 2.59. The molecule has 0 amide bonds. The Morgan fingerprint density at radius 1 is 0.966 bits per heavy atom. The molecule has 0 aromatic rings. The van der Waals surface area contributed by atoms with Crippen LogP contribution in [0.4, 0.5) is 0 Å². The molecule has 0 unspecified atom stereocenters. The van der Waals surface area contributed by atoms with Gasteiger partial charge in [0.25, 0.3) is 10.1 Å². The molecule has 0 atom stereocenters. The number of carbonyl (C=O) groups excluding carboxylic acids is 3. The summed E-state index contributed by atoms with van der Waals surface area (Å²) in [6.45, 7) is 10.5. The van der Waals surface area contributed by atoms with Crippen LogP contribution < -0.4 is 0 Å². The number of carbonyl (C=O) groups is 3. The zero-order valence-electron chi connectivity index (χ0n) is 16.5. The fourth-order valence-corrected chi connectivity index (χ4v) is 2.58. The molecule has 162 valence electrons. The van der Waals surface area contributed by atoms with Crippen molar-refractivity contribution in [3.8, 4) is 0 Å². The molecular weight excluding hydrogens is 415 g/mol. The fraction of sp³-hybridized carbons (Fsp3) is 0.611. The summed E-state index contributed by atoms with van der Waals surface area (Å²) in [4.78, 5) is 36.2. The first kappa shape index (κ1) is 30.0. The van der Waals surface area contributed by atoms with E-state index in [1.54, 1.807) is 6.92 Å². The summed E-state index contributed by atoms with van der Waals surface area (Å²) in [5.74, 6) is -2.82. The predicted molar refractivity (Wildman–Crippen MR) is 108 cm³/mol. The van der Waals surface area contributed by atoms with Gasteiger partial charge in [0.1, 0.15) is 18.6 Å². The van der Waals surface area contributed by atoms with Crippen molar-refractivity contribution in [2.45, 2.75) is 40.0 Å². The Morgan fingerprint density at radius 2 is 1.41 bits per heavy atom. The standard InChI is InChI=1S/C18H28O9S.Na.H/c1-6-8-18(11-26-15(19)13(2)3,12-27-16(20)14(4)5)17(21)25-9-7-10-28(22,23)24;;/h2,4,6-12H2,1,3,5H3,(H,22,23,24);;. The van der Waals surface area contributed by atoms with E-state index in [0.29, 0.717) is 6.42 Å². The molecule has 29 heavy (non-hydrogen) atoms. The molecule has 0 aliphatic rings.